The van der Waals surface area contributed by atoms with Crippen molar-refractivity contribution in [3.05, 3.63) is 18.0 Å². The summed E-state index contributed by atoms with van der Waals surface area (Å²) in [6.45, 7) is 4.21. The summed E-state index contributed by atoms with van der Waals surface area (Å²) < 4.78 is 1.55. The first-order valence-corrected chi connectivity index (χ1v) is 5.93. The first kappa shape index (κ1) is 13.0. The van der Waals surface area contributed by atoms with Crippen molar-refractivity contribution >= 4 is 17.5 Å². The molecule has 1 amide bonds. The van der Waals surface area contributed by atoms with E-state index >= 15 is 0 Å². The van der Waals surface area contributed by atoms with E-state index in [4.69, 9.17) is 11.6 Å². The van der Waals surface area contributed by atoms with Crippen molar-refractivity contribution < 1.29 is 4.79 Å². The Labute approximate surface area is 101 Å². The first-order valence-electron chi connectivity index (χ1n) is 5.39. The third-order valence-electron chi connectivity index (χ3n) is 2.33. The van der Waals surface area contributed by atoms with Crippen LogP contribution in [0.5, 0.6) is 0 Å². The van der Waals surface area contributed by atoms with E-state index in [1.54, 1.807) is 24.0 Å². The average Bonchev–Trinajstić information content (AvgIpc) is 2.62. The molecule has 0 bridgehead atoms. The monoisotopic (exact) mass is 243 g/mol. The molecule has 1 heterocycles. The molecule has 0 radical (unpaired) electrons. The SMILES string of the molecule is CC(C)CC(CCl)NC(=O)c1ccnn1C. The molecule has 0 aliphatic carbocycles. The minimum atomic E-state index is -0.119. The molecule has 90 valence electrons. The van der Waals surface area contributed by atoms with Crippen molar-refractivity contribution in [2.24, 2.45) is 13.0 Å². The number of alkyl halides is 1. The van der Waals surface area contributed by atoms with Gasteiger partial charge in [-0.2, -0.15) is 5.10 Å². The molecular formula is C11H18ClN3O. The molecule has 0 aliphatic rings. The van der Waals surface area contributed by atoms with E-state index in [0.29, 0.717) is 17.5 Å². The van der Waals surface area contributed by atoms with E-state index in [2.05, 4.69) is 24.3 Å². The van der Waals surface area contributed by atoms with Crippen molar-refractivity contribution in [3.63, 3.8) is 0 Å². The highest BCUT2D eigenvalue weighted by Gasteiger charge is 2.16. The van der Waals surface area contributed by atoms with Gasteiger partial charge in [0, 0.05) is 25.2 Å². The van der Waals surface area contributed by atoms with Gasteiger partial charge in [0.25, 0.3) is 5.91 Å². The second-order valence-electron chi connectivity index (χ2n) is 4.29. The van der Waals surface area contributed by atoms with Gasteiger partial charge in [0.1, 0.15) is 5.69 Å². The molecule has 4 nitrogen and oxygen atoms in total. The lowest BCUT2D eigenvalue weighted by Gasteiger charge is -2.17. The third kappa shape index (κ3) is 3.52. The van der Waals surface area contributed by atoms with Crippen LogP contribution in [0.3, 0.4) is 0 Å². The molecule has 5 heteroatoms. The number of rotatable bonds is 5. The maximum Gasteiger partial charge on any atom is 0.269 e. The van der Waals surface area contributed by atoms with Gasteiger partial charge < -0.3 is 5.32 Å². The molecule has 1 aromatic rings. The number of carbonyl (C=O) groups is 1. The van der Waals surface area contributed by atoms with E-state index in [9.17, 15) is 4.79 Å². The Bertz CT molecular complexity index is 349. The van der Waals surface area contributed by atoms with Gasteiger partial charge in [-0.05, 0) is 18.4 Å². The van der Waals surface area contributed by atoms with Crippen LogP contribution in [0.2, 0.25) is 0 Å². The van der Waals surface area contributed by atoms with E-state index < -0.39 is 0 Å². The minimum Gasteiger partial charge on any atom is -0.347 e. The second kappa shape index (κ2) is 5.89. The molecule has 0 aliphatic heterocycles. The van der Waals surface area contributed by atoms with Crippen LogP contribution in [0.4, 0.5) is 0 Å². The number of aromatic nitrogens is 2. The van der Waals surface area contributed by atoms with Crippen molar-refractivity contribution in [2.45, 2.75) is 26.3 Å². The van der Waals surface area contributed by atoms with Gasteiger partial charge in [0.15, 0.2) is 0 Å². The van der Waals surface area contributed by atoms with Crippen LogP contribution in [-0.4, -0.2) is 27.6 Å². The third-order valence-corrected chi connectivity index (χ3v) is 2.70. The predicted molar refractivity (Wildman–Crippen MR) is 64.6 cm³/mol. The molecule has 1 aromatic heterocycles. The molecule has 0 saturated heterocycles. The Morgan fingerprint density at radius 3 is 2.75 bits per heavy atom. The summed E-state index contributed by atoms with van der Waals surface area (Å²) in [5, 5.41) is 6.86. The van der Waals surface area contributed by atoms with Gasteiger partial charge in [0.2, 0.25) is 0 Å². The fraction of sp³-hybridized carbons (Fsp3) is 0.636. The summed E-state index contributed by atoms with van der Waals surface area (Å²) in [4.78, 5) is 11.8. The zero-order valence-corrected chi connectivity index (χ0v) is 10.7. The summed E-state index contributed by atoms with van der Waals surface area (Å²) in [6, 6.07) is 1.71. The molecule has 0 fully saturated rings. The smallest absolute Gasteiger partial charge is 0.269 e. The molecule has 1 N–H and O–H groups in total. The molecule has 1 unspecified atom stereocenters. The Hall–Kier alpha value is -1.03. The van der Waals surface area contributed by atoms with Crippen molar-refractivity contribution in [1.29, 1.82) is 0 Å². The standard InChI is InChI=1S/C11H18ClN3O/c1-8(2)6-9(7-12)14-11(16)10-4-5-13-15(10)3/h4-5,8-9H,6-7H2,1-3H3,(H,14,16). The molecule has 0 saturated carbocycles. The molecule has 0 aromatic carbocycles. The van der Waals surface area contributed by atoms with Crippen molar-refractivity contribution in [1.82, 2.24) is 15.1 Å². The van der Waals surface area contributed by atoms with E-state index in [-0.39, 0.29) is 11.9 Å². The number of nitrogens with zero attached hydrogens (tertiary/aromatic N) is 2. The quantitative estimate of drug-likeness (QED) is 0.802. The normalized spacial score (nSPS) is 12.8. The maximum absolute atomic E-state index is 11.8. The molecular weight excluding hydrogens is 226 g/mol. The molecule has 1 atom stereocenters. The Morgan fingerprint density at radius 1 is 1.62 bits per heavy atom. The highest BCUT2D eigenvalue weighted by atomic mass is 35.5. The zero-order valence-electron chi connectivity index (χ0n) is 9.90. The number of hydrogen-bond donors (Lipinski definition) is 1. The minimum absolute atomic E-state index is 0.0177. The topological polar surface area (TPSA) is 46.9 Å². The average molecular weight is 244 g/mol. The molecule has 0 spiro atoms. The Morgan fingerprint density at radius 2 is 2.31 bits per heavy atom. The number of nitrogens with one attached hydrogen (secondary N) is 1. The summed E-state index contributed by atoms with van der Waals surface area (Å²) in [7, 11) is 1.74. The fourth-order valence-electron chi connectivity index (χ4n) is 1.59. The lowest BCUT2D eigenvalue weighted by molar-refractivity contribution is 0.0927. The van der Waals surface area contributed by atoms with E-state index in [0.717, 1.165) is 6.42 Å². The number of carbonyl (C=O) groups excluding carboxylic acids is 1. The Balaban J connectivity index is 2.59. The molecule has 16 heavy (non-hydrogen) atoms. The largest absolute Gasteiger partial charge is 0.347 e. The van der Waals surface area contributed by atoms with Gasteiger partial charge in [-0.1, -0.05) is 13.8 Å². The number of amides is 1. The second-order valence-corrected chi connectivity index (χ2v) is 4.60. The number of aryl methyl sites for hydroxylation is 1. The highest BCUT2D eigenvalue weighted by Crippen LogP contribution is 2.07. The zero-order chi connectivity index (χ0) is 12.1. The van der Waals surface area contributed by atoms with Gasteiger partial charge >= 0.3 is 0 Å². The maximum atomic E-state index is 11.8. The summed E-state index contributed by atoms with van der Waals surface area (Å²) in [5.74, 6) is 0.823. The predicted octanol–water partition coefficient (Wildman–Crippen LogP) is 1.80. The van der Waals surface area contributed by atoms with Crippen molar-refractivity contribution in [3.8, 4) is 0 Å². The molecule has 1 rings (SSSR count). The van der Waals surface area contributed by atoms with Crippen molar-refractivity contribution in [2.75, 3.05) is 5.88 Å². The number of hydrogen-bond acceptors (Lipinski definition) is 2. The summed E-state index contributed by atoms with van der Waals surface area (Å²) >= 11 is 5.82. The van der Waals surface area contributed by atoms with Crippen LogP contribution in [-0.2, 0) is 7.05 Å². The fourth-order valence-corrected chi connectivity index (χ4v) is 1.79. The lowest BCUT2D eigenvalue weighted by Crippen LogP contribution is -2.38. The van der Waals surface area contributed by atoms with Crippen LogP contribution in [0.1, 0.15) is 30.8 Å². The van der Waals surface area contributed by atoms with Gasteiger partial charge in [-0.15, -0.1) is 11.6 Å². The van der Waals surface area contributed by atoms with Gasteiger partial charge in [0.05, 0.1) is 0 Å². The summed E-state index contributed by atoms with van der Waals surface area (Å²) in [6.07, 6.45) is 2.49. The summed E-state index contributed by atoms with van der Waals surface area (Å²) in [5.41, 5.74) is 0.555. The first-order chi connectivity index (χ1) is 7.54. The lowest BCUT2D eigenvalue weighted by atomic mass is 10.1. The van der Waals surface area contributed by atoms with Crippen LogP contribution in [0, 0.1) is 5.92 Å². The van der Waals surface area contributed by atoms with Crippen LogP contribution in [0.15, 0.2) is 12.3 Å². The highest BCUT2D eigenvalue weighted by molar-refractivity contribution is 6.18. The van der Waals surface area contributed by atoms with E-state index in [1.165, 1.54) is 0 Å². The Kier molecular flexibility index (Phi) is 4.80. The van der Waals surface area contributed by atoms with E-state index in [1.807, 2.05) is 0 Å². The van der Waals surface area contributed by atoms with Gasteiger partial charge in [-0.25, -0.2) is 0 Å². The van der Waals surface area contributed by atoms with Crippen LogP contribution < -0.4 is 5.32 Å². The van der Waals surface area contributed by atoms with Crippen LogP contribution in [0.25, 0.3) is 0 Å². The number of halogens is 1. The van der Waals surface area contributed by atoms with Crippen LogP contribution >= 0.6 is 11.6 Å². The van der Waals surface area contributed by atoms with Gasteiger partial charge in [-0.3, -0.25) is 9.48 Å².